The molecule has 0 fully saturated rings. The van der Waals surface area contributed by atoms with Crippen molar-refractivity contribution in [2.75, 3.05) is 25.6 Å². The molecule has 1 atom stereocenters. The molecule has 0 aliphatic carbocycles. The van der Waals surface area contributed by atoms with Gasteiger partial charge in [-0.1, -0.05) is 23.8 Å². The molecule has 3 N–H and O–H groups in total. The molecule has 3 amide bonds. The van der Waals surface area contributed by atoms with Gasteiger partial charge in [-0.15, -0.1) is 0 Å². The molecule has 1 aliphatic heterocycles. The van der Waals surface area contributed by atoms with Gasteiger partial charge < -0.3 is 19.7 Å². The molecule has 0 saturated heterocycles. The summed E-state index contributed by atoms with van der Waals surface area (Å²) in [5.74, 6) is -0.151. The number of methoxy groups -OCH3 is 1. The number of fused-ring (bicyclic) bond motifs is 1. The number of nitrogens with one attached hydrogen (secondary N) is 2. The molecule has 1 aliphatic rings. The summed E-state index contributed by atoms with van der Waals surface area (Å²) >= 11 is 0. The Morgan fingerprint density at radius 2 is 2.00 bits per heavy atom. The predicted octanol–water partition coefficient (Wildman–Crippen LogP) is 2.56. The van der Waals surface area contributed by atoms with Crippen LogP contribution in [-0.4, -0.2) is 48.4 Å². The first kappa shape index (κ1) is 19.7. The molecular formula is C20H23N3O5. The Morgan fingerprint density at radius 1 is 1.25 bits per heavy atom. The van der Waals surface area contributed by atoms with Crippen molar-refractivity contribution < 1.29 is 24.3 Å². The van der Waals surface area contributed by atoms with E-state index in [2.05, 4.69) is 5.32 Å². The van der Waals surface area contributed by atoms with Crippen LogP contribution >= 0.6 is 0 Å². The Balaban J connectivity index is 1.83. The molecule has 0 bridgehead atoms. The van der Waals surface area contributed by atoms with Crippen LogP contribution in [0.25, 0.3) is 0 Å². The molecule has 3 rings (SSSR count). The van der Waals surface area contributed by atoms with Crippen LogP contribution in [-0.2, 0) is 11.3 Å². The zero-order chi connectivity index (χ0) is 20.1. The SMILES string of the molecule is COC[C@@H]1CN(C(=O)Nc2ccc(C)cc2)Cc2ccc(C(=O)NO)cc2O1. The van der Waals surface area contributed by atoms with Crippen LogP contribution in [0.5, 0.6) is 5.75 Å². The zero-order valence-electron chi connectivity index (χ0n) is 15.8. The Bertz CT molecular complexity index is 853. The van der Waals surface area contributed by atoms with Crippen LogP contribution in [0.1, 0.15) is 21.5 Å². The number of aryl methyl sites for hydroxylation is 1. The molecule has 0 aromatic heterocycles. The van der Waals surface area contributed by atoms with E-state index in [1.165, 1.54) is 0 Å². The Kier molecular flexibility index (Phi) is 6.13. The third kappa shape index (κ3) is 4.59. The average Bonchev–Trinajstić information content (AvgIpc) is 2.88. The van der Waals surface area contributed by atoms with E-state index in [0.717, 1.165) is 11.1 Å². The van der Waals surface area contributed by atoms with Gasteiger partial charge in [0, 0.05) is 23.9 Å². The number of hydroxylamine groups is 1. The van der Waals surface area contributed by atoms with E-state index in [1.807, 2.05) is 31.2 Å². The summed E-state index contributed by atoms with van der Waals surface area (Å²) in [6.07, 6.45) is -0.401. The van der Waals surface area contributed by atoms with Gasteiger partial charge in [-0.25, -0.2) is 10.3 Å². The third-order valence-corrected chi connectivity index (χ3v) is 4.45. The molecule has 28 heavy (non-hydrogen) atoms. The summed E-state index contributed by atoms with van der Waals surface area (Å²) in [7, 11) is 1.56. The minimum Gasteiger partial charge on any atom is -0.486 e. The van der Waals surface area contributed by atoms with Crippen molar-refractivity contribution >= 4 is 17.6 Å². The Labute approximate surface area is 163 Å². The highest BCUT2D eigenvalue weighted by Crippen LogP contribution is 2.27. The molecule has 0 spiro atoms. The second kappa shape index (κ2) is 8.73. The highest BCUT2D eigenvalue weighted by atomic mass is 16.5. The van der Waals surface area contributed by atoms with Crippen LogP contribution in [0.2, 0.25) is 0 Å². The second-order valence-corrected chi connectivity index (χ2v) is 6.64. The van der Waals surface area contributed by atoms with Crippen molar-refractivity contribution in [1.29, 1.82) is 0 Å². The molecule has 8 nitrogen and oxygen atoms in total. The summed E-state index contributed by atoms with van der Waals surface area (Å²) in [4.78, 5) is 26.1. The Hall–Kier alpha value is -3.10. The van der Waals surface area contributed by atoms with Gasteiger partial charge in [0.15, 0.2) is 0 Å². The number of carbonyl (C=O) groups is 2. The zero-order valence-corrected chi connectivity index (χ0v) is 15.8. The lowest BCUT2D eigenvalue weighted by Crippen LogP contribution is -2.41. The number of amides is 3. The lowest BCUT2D eigenvalue weighted by atomic mass is 10.1. The van der Waals surface area contributed by atoms with Crippen molar-refractivity contribution in [3.8, 4) is 5.75 Å². The summed E-state index contributed by atoms with van der Waals surface area (Å²) in [6, 6.07) is 12.1. The second-order valence-electron chi connectivity index (χ2n) is 6.64. The van der Waals surface area contributed by atoms with Gasteiger partial charge in [0.05, 0.1) is 19.7 Å². The number of rotatable bonds is 4. The minimum atomic E-state index is -0.632. The first-order valence-corrected chi connectivity index (χ1v) is 8.85. The van der Waals surface area contributed by atoms with Gasteiger partial charge >= 0.3 is 6.03 Å². The van der Waals surface area contributed by atoms with E-state index in [0.29, 0.717) is 24.5 Å². The molecule has 2 aromatic rings. The third-order valence-electron chi connectivity index (χ3n) is 4.45. The fraction of sp³-hybridized carbons (Fsp3) is 0.300. The maximum Gasteiger partial charge on any atom is 0.322 e. The minimum absolute atomic E-state index is 0.251. The number of urea groups is 1. The predicted molar refractivity (Wildman–Crippen MR) is 103 cm³/mol. The first-order valence-electron chi connectivity index (χ1n) is 8.85. The molecule has 0 saturated carbocycles. The number of benzene rings is 2. The lowest BCUT2D eigenvalue weighted by molar-refractivity contribution is 0.0672. The molecule has 8 heteroatoms. The van der Waals surface area contributed by atoms with E-state index in [1.54, 1.807) is 35.7 Å². The lowest BCUT2D eigenvalue weighted by Gasteiger charge is -2.24. The Morgan fingerprint density at radius 3 is 2.68 bits per heavy atom. The van der Waals surface area contributed by atoms with Gasteiger partial charge in [-0.3, -0.25) is 10.0 Å². The van der Waals surface area contributed by atoms with E-state index in [-0.39, 0.29) is 18.2 Å². The fourth-order valence-corrected chi connectivity index (χ4v) is 3.00. The van der Waals surface area contributed by atoms with Crippen LogP contribution in [0, 0.1) is 6.92 Å². The van der Waals surface area contributed by atoms with Crippen molar-refractivity contribution in [3.05, 3.63) is 59.2 Å². The number of hydrogen-bond acceptors (Lipinski definition) is 5. The summed E-state index contributed by atoms with van der Waals surface area (Å²) in [5.41, 5.74) is 4.44. The molecule has 148 valence electrons. The maximum atomic E-state index is 12.8. The van der Waals surface area contributed by atoms with Gasteiger partial charge in [0.25, 0.3) is 5.91 Å². The fourth-order valence-electron chi connectivity index (χ4n) is 3.00. The number of ether oxygens (including phenoxy) is 2. The van der Waals surface area contributed by atoms with Gasteiger partial charge in [-0.2, -0.15) is 0 Å². The van der Waals surface area contributed by atoms with E-state index < -0.39 is 12.0 Å². The largest absolute Gasteiger partial charge is 0.486 e. The standard InChI is InChI=1S/C20H23N3O5/c1-13-3-7-16(8-4-13)21-20(25)23-10-15-6-5-14(19(24)22-26)9-18(15)28-17(11-23)12-27-2/h3-9,17,26H,10-12H2,1-2H3,(H,21,25)(H,22,24)/t17-/m0/s1. The molecule has 1 heterocycles. The normalized spacial score (nSPS) is 15.8. The van der Waals surface area contributed by atoms with Crippen LogP contribution in [0.15, 0.2) is 42.5 Å². The average molecular weight is 385 g/mol. The van der Waals surface area contributed by atoms with Crippen molar-refractivity contribution in [1.82, 2.24) is 10.4 Å². The van der Waals surface area contributed by atoms with Gasteiger partial charge in [0.1, 0.15) is 11.9 Å². The molecular weight excluding hydrogens is 362 g/mol. The quantitative estimate of drug-likeness (QED) is 0.555. The van der Waals surface area contributed by atoms with Crippen molar-refractivity contribution in [3.63, 3.8) is 0 Å². The molecule has 2 aromatic carbocycles. The number of hydrogen-bond donors (Lipinski definition) is 3. The van der Waals surface area contributed by atoms with Crippen LogP contribution in [0.4, 0.5) is 10.5 Å². The monoisotopic (exact) mass is 385 g/mol. The summed E-state index contributed by atoms with van der Waals surface area (Å²) < 4.78 is 11.2. The van der Waals surface area contributed by atoms with Gasteiger partial charge in [-0.05, 0) is 31.2 Å². The van der Waals surface area contributed by atoms with Crippen molar-refractivity contribution in [2.45, 2.75) is 19.6 Å². The number of anilines is 1. The van der Waals surface area contributed by atoms with Crippen LogP contribution < -0.4 is 15.5 Å². The molecule has 0 radical (unpaired) electrons. The first-order chi connectivity index (χ1) is 13.5. The summed E-state index contributed by atoms with van der Waals surface area (Å²) in [6.45, 7) is 2.90. The maximum absolute atomic E-state index is 12.8. The highest BCUT2D eigenvalue weighted by molar-refractivity contribution is 5.94. The molecule has 0 unspecified atom stereocenters. The van der Waals surface area contributed by atoms with E-state index >= 15 is 0 Å². The topological polar surface area (TPSA) is 100 Å². The van der Waals surface area contributed by atoms with E-state index in [9.17, 15) is 9.59 Å². The number of carbonyl (C=O) groups excluding carboxylic acids is 2. The highest BCUT2D eigenvalue weighted by Gasteiger charge is 2.27. The van der Waals surface area contributed by atoms with Crippen LogP contribution in [0.3, 0.4) is 0 Å². The smallest absolute Gasteiger partial charge is 0.322 e. The summed E-state index contributed by atoms with van der Waals surface area (Å²) in [5, 5.41) is 11.7. The van der Waals surface area contributed by atoms with E-state index in [4.69, 9.17) is 14.7 Å². The van der Waals surface area contributed by atoms with Crippen molar-refractivity contribution in [2.24, 2.45) is 0 Å². The number of nitrogens with zero attached hydrogens (tertiary/aromatic N) is 1. The van der Waals surface area contributed by atoms with Gasteiger partial charge in [0.2, 0.25) is 0 Å².